The highest BCUT2D eigenvalue weighted by molar-refractivity contribution is 5.95. The summed E-state index contributed by atoms with van der Waals surface area (Å²) in [5.74, 6) is 0.575. The maximum absolute atomic E-state index is 12.2. The Morgan fingerprint density at radius 1 is 1.11 bits per heavy atom. The van der Waals surface area contributed by atoms with Crippen LogP contribution in [0.15, 0.2) is 48.5 Å². The number of benzene rings is 2. The lowest BCUT2D eigenvalue weighted by molar-refractivity contribution is -0.116. The fourth-order valence-corrected chi connectivity index (χ4v) is 2.33. The van der Waals surface area contributed by atoms with Crippen LogP contribution in [-0.4, -0.2) is 31.5 Å². The maximum atomic E-state index is 12.2. The molecular formula is C21H27N3O3. The molecule has 6 nitrogen and oxygen atoms in total. The zero-order valence-electron chi connectivity index (χ0n) is 16.3. The van der Waals surface area contributed by atoms with Gasteiger partial charge in [-0.1, -0.05) is 13.0 Å². The van der Waals surface area contributed by atoms with Crippen molar-refractivity contribution in [2.75, 3.05) is 29.1 Å². The van der Waals surface area contributed by atoms with Gasteiger partial charge >= 0.3 is 0 Å². The Hall–Kier alpha value is -3.02. The van der Waals surface area contributed by atoms with E-state index >= 15 is 0 Å². The van der Waals surface area contributed by atoms with Crippen molar-refractivity contribution in [3.8, 4) is 5.75 Å². The second-order valence-corrected chi connectivity index (χ2v) is 6.39. The van der Waals surface area contributed by atoms with Crippen LogP contribution in [0.3, 0.4) is 0 Å². The number of hydrogen-bond donors (Lipinski definition) is 2. The molecule has 0 saturated carbocycles. The van der Waals surface area contributed by atoms with Crippen LogP contribution < -0.4 is 20.3 Å². The number of anilines is 3. The van der Waals surface area contributed by atoms with E-state index in [1.165, 1.54) is 6.92 Å². The van der Waals surface area contributed by atoms with Gasteiger partial charge in [-0.2, -0.15) is 0 Å². The first-order valence-corrected chi connectivity index (χ1v) is 9.04. The van der Waals surface area contributed by atoms with Crippen LogP contribution in [0.4, 0.5) is 17.1 Å². The first-order chi connectivity index (χ1) is 12.9. The third kappa shape index (κ3) is 6.33. The van der Waals surface area contributed by atoms with Crippen LogP contribution in [-0.2, 0) is 9.59 Å². The lowest BCUT2D eigenvalue weighted by Gasteiger charge is -2.15. The molecule has 0 aromatic heterocycles. The van der Waals surface area contributed by atoms with Gasteiger partial charge in [0.05, 0.1) is 12.6 Å². The molecule has 2 amide bonds. The van der Waals surface area contributed by atoms with Crippen LogP contribution in [0.2, 0.25) is 0 Å². The molecule has 27 heavy (non-hydrogen) atoms. The average molecular weight is 369 g/mol. The number of nitrogens with one attached hydrogen (secondary N) is 2. The first kappa shape index (κ1) is 20.3. The summed E-state index contributed by atoms with van der Waals surface area (Å²) < 4.78 is 5.79. The van der Waals surface area contributed by atoms with Gasteiger partial charge in [-0.15, -0.1) is 0 Å². The summed E-state index contributed by atoms with van der Waals surface area (Å²) in [4.78, 5) is 25.1. The molecule has 0 fully saturated rings. The van der Waals surface area contributed by atoms with Crippen LogP contribution in [0.5, 0.6) is 5.75 Å². The van der Waals surface area contributed by atoms with E-state index in [9.17, 15) is 9.59 Å². The van der Waals surface area contributed by atoms with E-state index in [0.29, 0.717) is 5.69 Å². The van der Waals surface area contributed by atoms with Crippen LogP contribution in [0.1, 0.15) is 27.2 Å². The third-order valence-electron chi connectivity index (χ3n) is 4.21. The van der Waals surface area contributed by atoms with Crippen molar-refractivity contribution in [3.63, 3.8) is 0 Å². The van der Waals surface area contributed by atoms with Gasteiger partial charge in [-0.05, 0) is 49.7 Å². The maximum Gasteiger partial charge on any atom is 0.243 e. The number of carbonyl (C=O) groups excluding carboxylic acids is 2. The summed E-state index contributed by atoms with van der Waals surface area (Å²) in [7, 11) is 1.71. The Morgan fingerprint density at radius 3 is 2.44 bits per heavy atom. The normalized spacial score (nSPS) is 11.4. The molecule has 0 spiro atoms. The van der Waals surface area contributed by atoms with E-state index in [1.54, 1.807) is 36.2 Å². The monoisotopic (exact) mass is 369 g/mol. The van der Waals surface area contributed by atoms with Crippen molar-refractivity contribution >= 4 is 28.9 Å². The van der Waals surface area contributed by atoms with Gasteiger partial charge in [0.1, 0.15) is 5.75 Å². The molecule has 1 unspecified atom stereocenters. The van der Waals surface area contributed by atoms with E-state index in [0.717, 1.165) is 23.5 Å². The SMILES string of the molecule is CCC(C)Oc1cccc(NCC(=O)Nc2ccc(N(C)C(C)=O)cc2)c1. The molecule has 2 aromatic rings. The van der Waals surface area contributed by atoms with E-state index in [4.69, 9.17) is 4.74 Å². The quantitative estimate of drug-likeness (QED) is 0.740. The largest absolute Gasteiger partial charge is 0.491 e. The number of carbonyl (C=O) groups is 2. The molecule has 1 atom stereocenters. The zero-order valence-corrected chi connectivity index (χ0v) is 16.3. The predicted octanol–water partition coefficient (Wildman–Crippen LogP) is 3.90. The van der Waals surface area contributed by atoms with Gasteiger partial charge in [-0.25, -0.2) is 0 Å². The van der Waals surface area contributed by atoms with Gasteiger partial charge in [0.2, 0.25) is 11.8 Å². The highest BCUT2D eigenvalue weighted by Gasteiger charge is 2.07. The van der Waals surface area contributed by atoms with Crippen LogP contribution in [0.25, 0.3) is 0 Å². The zero-order chi connectivity index (χ0) is 19.8. The Bertz CT molecular complexity index is 774. The Labute approximate surface area is 160 Å². The number of ether oxygens (including phenoxy) is 1. The molecule has 6 heteroatoms. The van der Waals surface area contributed by atoms with Crippen molar-refractivity contribution in [1.29, 1.82) is 0 Å². The highest BCUT2D eigenvalue weighted by atomic mass is 16.5. The molecular weight excluding hydrogens is 342 g/mol. The molecule has 0 saturated heterocycles. The molecule has 0 bridgehead atoms. The summed E-state index contributed by atoms with van der Waals surface area (Å²) in [6, 6.07) is 14.7. The van der Waals surface area contributed by atoms with Crippen LogP contribution >= 0.6 is 0 Å². The number of nitrogens with zero attached hydrogens (tertiary/aromatic N) is 1. The second-order valence-electron chi connectivity index (χ2n) is 6.39. The molecule has 0 heterocycles. The number of rotatable bonds is 8. The summed E-state index contributed by atoms with van der Waals surface area (Å²) in [5, 5.41) is 5.92. The highest BCUT2D eigenvalue weighted by Crippen LogP contribution is 2.19. The lowest BCUT2D eigenvalue weighted by Crippen LogP contribution is -2.23. The van der Waals surface area contributed by atoms with E-state index in [2.05, 4.69) is 17.6 Å². The molecule has 2 N–H and O–H groups in total. The topological polar surface area (TPSA) is 70.7 Å². The molecule has 0 radical (unpaired) electrons. The fraction of sp³-hybridized carbons (Fsp3) is 0.333. The van der Waals surface area contributed by atoms with E-state index < -0.39 is 0 Å². The summed E-state index contributed by atoms with van der Waals surface area (Å²) in [6.07, 6.45) is 1.08. The summed E-state index contributed by atoms with van der Waals surface area (Å²) in [6.45, 7) is 5.74. The van der Waals surface area contributed by atoms with Gasteiger partial charge in [0.25, 0.3) is 0 Å². The Kier molecular flexibility index (Phi) is 7.23. The van der Waals surface area contributed by atoms with Crippen molar-refractivity contribution in [3.05, 3.63) is 48.5 Å². The summed E-state index contributed by atoms with van der Waals surface area (Å²) >= 11 is 0. The van der Waals surface area contributed by atoms with Gasteiger partial charge in [-0.3, -0.25) is 9.59 Å². The molecule has 0 aliphatic rings. The molecule has 2 aromatic carbocycles. The minimum Gasteiger partial charge on any atom is -0.491 e. The second kappa shape index (κ2) is 9.62. The Morgan fingerprint density at radius 2 is 1.81 bits per heavy atom. The predicted molar refractivity (Wildman–Crippen MR) is 109 cm³/mol. The molecule has 144 valence electrons. The van der Waals surface area contributed by atoms with Crippen molar-refractivity contribution in [1.82, 2.24) is 0 Å². The minimum atomic E-state index is -0.157. The Balaban J connectivity index is 1.87. The van der Waals surface area contributed by atoms with Gasteiger partial charge in [0, 0.05) is 37.1 Å². The van der Waals surface area contributed by atoms with Gasteiger partial charge < -0.3 is 20.3 Å². The smallest absolute Gasteiger partial charge is 0.243 e. The number of amides is 2. The number of hydrogen-bond acceptors (Lipinski definition) is 4. The van der Waals surface area contributed by atoms with E-state index in [-0.39, 0.29) is 24.5 Å². The molecule has 0 aliphatic carbocycles. The van der Waals surface area contributed by atoms with Gasteiger partial charge in [0.15, 0.2) is 0 Å². The van der Waals surface area contributed by atoms with Crippen molar-refractivity contribution in [2.24, 2.45) is 0 Å². The summed E-state index contributed by atoms with van der Waals surface area (Å²) in [5.41, 5.74) is 2.28. The van der Waals surface area contributed by atoms with Crippen LogP contribution in [0, 0.1) is 0 Å². The van der Waals surface area contributed by atoms with E-state index in [1.807, 2.05) is 31.2 Å². The third-order valence-corrected chi connectivity index (χ3v) is 4.21. The lowest BCUT2D eigenvalue weighted by atomic mass is 10.2. The van der Waals surface area contributed by atoms with Crippen molar-refractivity contribution in [2.45, 2.75) is 33.3 Å². The fourth-order valence-electron chi connectivity index (χ4n) is 2.33. The first-order valence-electron chi connectivity index (χ1n) is 9.04. The average Bonchev–Trinajstić information content (AvgIpc) is 2.66. The molecule has 0 aliphatic heterocycles. The molecule has 2 rings (SSSR count). The minimum absolute atomic E-state index is 0.0458. The van der Waals surface area contributed by atoms with Crippen molar-refractivity contribution < 1.29 is 14.3 Å². The standard InChI is InChI=1S/C21H27N3O3/c1-5-15(2)27-20-8-6-7-18(13-20)22-14-21(26)23-17-9-11-19(12-10-17)24(4)16(3)25/h6-13,15,22H,5,14H2,1-4H3,(H,23,26).